The Kier molecular flexibility index (Phi) is 9.30. The fourth-order valence-electron chi connectivity index (χ4n) is 2.81. The summed E-state index contributed by atoms with van der Waals surface area (Å²) in [5.41, 5.74) is 0. The zero-order valence-corrected chi connectivity index (χ0v) is 13.7. The van der Waals surface area contributed by atoms with Crippen molar-refractivity contribution in [3.05, 3.63) is 0 Å². The van der Waals surface area contributed by atoms with Crippen molar-refractivity contribution in [1.29, 1.82) is 0 Å². The fourth-order valence-corrected chi connectivity index (χ4v) is 3.31. The molecular weight excluding hydrogens is 288 g/mol. The lowest BCUT2D eigenvalue weighted by atomic mass is 9.79. The van der Waals surface area contributed by atoms with Crippen molar-refractivity contribution in [3.8, 4) is 0 Å². The first-order valence-corrected chi connectivity index (χ1v) is 9.28. The molecule has 1 aliphatic carbocycles. The molecule has 21 heavy (non-hydrogen) atoms. The molecule has 0 aliphatic heterocycles. The predicted octanol–water partition coefficient (Wildman–Crippen LogP) is 2.71. The molecule has 0 bridgehead atoms. The number of carboxylic acids is 1. The van der Waals surface area contributed by atoms with Gasteiger partial charge in [-0.3, -0.25) is 4.79 Å². The van der Waals surface area contributed by atoms with E-state index in [0.717, 1.165) is 38.5 Å². The van der Waals surface area contributed by atoms with Crippen molar-refractivity contribution in [2.45, 2.75) is 44.9 Å². The molecule has 3 N–H and O–H groups in total. The van der Waals surface area contributed by atoms with Gasteiger partial charge >= 0.3 is 12.0 Å². The van der Waals surface area contributed by atoms with Crippen molar-refractivity contribution in [2.24, 2.45) is 11.8 Å². The molecule has 1 fully saturated rings. The second-order valence-electron chi connectivity index (χ2n) is 5.68. The Balaban J connectivity index is 2.12. The lowest BCUT2D eigenvalue weighted by molar-refractivity contribution is -0.144. The van der Waals surface area contributed by atoms with Crippen LogP contribution in [0.2, 0.25) is 0 Å². The third kappa shape index (κ3) is 7.60. The Labute approximate surface area is 131 Å². The maximum absolute atomic E-state index is 11.7. The molecule has 1 aliphatic rings. The molecule has 2 unspecified atom stereocenters. The number of hydrogen-bond donors (Lipinski definition) is 3. The fraction of sp³-hybridized carbons (Fsp3) is 0.867. The van der Waals surface area contributed by atoms with Gasteiger partial charge in [0.05, 0.1) is 5.92 Å². The van der Waals surface area contributed by atoms with Crippen molar-refractivity contribution < 1.29 is 14.7 Å². The molecule has 0 aromatic rings. The second kappa shape index (κ2) is 10.8. The Morgan fingerprint density at radius 2 is 1.90 bits per heavy atom. The van der Waals surface area contributed by atoms with Gasteiger partial charge in [0.15, 0.2) is 0 Å². The van der Waals surface area contributed by atoms with E-state index in [1.807, 2.05) is 11.8 Å². The Hall–Kier alpha value is -0.910. The minimum absolute atomic E-state index is 0.0728. The molecule has 0 saturated heterocycles. The van der Waals surface area contributed by atoms with Crippen LogP contribution in [0.15, 0.2) is 0 Å². The third-order valence-corrected chi connectivity index (χ3v) is 4.76. The van der Waals surface area contributed by atoms with E-state index in [9.17, 15) is 14.7 Å². The summed E-state index contributed by atoms with van der Waals surface area (Å²) in [5.74, 6) is 0.217. The summed E-state index contributed by atoms with van der Waals surface area (Å²) in [6.45, 7) is 1.16. The maximum atomic E-state index is 11.7. The van der Waals surface area contributed by atoms with E-state index >= 15 is 0 Å². The molecule has 2 atom stereocenters. The van der Waals surface area contributed by atoms with E-state index in [1.165, 1.54) is 12.2 Å². The molecule has 5 nitrogen and oxygen atoms in total. The van der Waals surface area contributed by atoms with E-state index in [-0.39, 0.29) is 17.9 Å². The number of unbranched alkanes of at least 4 members (excludes halogenated alkanes) is 2. The monoisotopic (exact) mass is 316 g/mol. The zero-order valence-electron chi connectivity index (χ0n) is 12.9. The van der Waals surface area contributed by atoms with Crippen molar-refractivity contribution in [2.75, 3.05) is 25.1 Å². The smallest absolute Gasteiger partial charge is 0.314 e. The number of carbonyl (C=O) groups excluding carboxylic acids is 1. The van der Waals surface area contributed by atoms with Crippen molar-refractivity contribution in [1.82, 2.24) is 10.6 Å². The summed E-state index contributed by atoms with van der Waals surface area (Å²) in [5, 5.41) is 14.8. The van der Waals surface area contributed by atoms with Crippen molar-refractivity contribution in [3.63, 3.8) is 0 Å². The molecule has 0 radical (unpaired) electrons. The topological polar surface area (TPSA) is 78.4 Å². The van der Waals surface area contributed by atoms with Crippen LogP contribution in [0, 0.1) is 11.8 Å². The first kappa shape index (κ1) is 18.1. The molecule has 122 valence electrons. The normalized spacial score (nSPS) is 21.8. The lowest BCUT2D eigenvalue weighted by Crippen LogP contribution is -2.42. The van der Waals surface area contributed by atoms with Gasteiger partial charge in [-0.25, -0.2) is 4.79 Å². The van der Waals surface area contributed by atoms with Gasteiger partial charge in [-0.1, -0.05) is 19.3 Å². The summed E-state index contributed by atoms with van der Waals surface area (Å²) >= 11 is 1.84. The predicted molar refractivity (Wildman–Crippen MR) is 86.7 cm³/mol. The van der Waals surface area contributed by atoms with E-state index in [0.29, 0.717) is 13.1 Å². The number of carbonyl (C=O) groups is 2. The van der Waals surface area contributed by atoms with Crippen LogP contribution in [0.1, 0.15) is 44.9 Å². The van der Waals surface area contributed by atoms with Gasteiger partial charge < -0.3 is 15.7 Å². The van der Waals surface area contributed by atoms with E-state index in [4.69, 9.17) is 0 Å². The first-order valence-electron chi connectivity index (χ1n) is 7.88. The molecule has 2 amide bonds. The summed E-state index contributed by atoms with van der Waals surface area (Å²) < 4.78 is 0. The number of thioether (sulfide) groups is 1. The summed E-state index contributed by atoms with van der Waals surface area (Å²) in [6, 6.07) is -0.172. The van der Waals surface area contributed by atoms with Crippen LogP contribution in [0.3, 0.4) is 0 Å². The Morgan fingerprint density at radius 1 is 1.14 bits per heavy atom. The van der Waals surface area contributed by atoms with Crippen LogP contribution in [-0.4, -0.2) is 42.2 Å². The number of amides is 2. The van der Waals surface area contributed by atoms with Gasteiger partial charge in [0, 0.05) is 13.1 Å². The van der Waals surface area contributed by atoms with Crippen LogP contribution < -0.4 is 10.6 Å². The van der Waals surface area contributed by atoms with E-state index in [2.05, 4.69) is 16.9 Å². The van der Waals surface area contributed by atoms with Gasteiger partial charge in [-0.15, -0.1) is 0 Å². The van der Waals surface area contributed by atoms with Crippen LogP contribution in [0.5, 0.6) is 0 Å². The van der Waals surface area contributed by atoms with Gasteiger partial charge in [-0.2, -0.15) is 11.8 Å². The molecular formula is C15H28N2O3S. The molecule has 1 rings (SSSR count). The van der Waals surface area contributed by atoms with E-state index < -0.39 is 5.97 Å². The number of carboxylic acid groups (broad SMARTS) is 1. The van der Waals surface area contributed by atoms with Gasteiger partial charge in [-0.05, 0) is 43.6 Å². The zero-order chi connectivity index (χ0) is 15.5. The number of nitrogens with one attached hydrogen (secondary N) is 2. The average molecular weight is 316 g/mol. The van der Waals surface area contributed by atoms with Crippen molar-refractivity contribution >= 4 is 23.8 Å². The number of rotatable bonds is 9. The molecule has 1 saturated carbocycles. The summed E-state index contributed by atoms with van der Waals surface area (Å²) in [7, 11) is 0. The highest BCUT2D eigenvalue weighted by Gasteiger charge is 2.30. The number of urea groups is 1. The molecule has 0 heterocycles. The Morgan fingerprint density at radius 3 is 2.62 bits per heavy atom. The molecule has 0 aromatic heterocycles. The van der Waals surface area contributed by atoms with Gasteiger partial charge in [0.2, 0.25) is 0 Å². The van der Waals surface area contributed by atoms with Gasteiger partial charge in [0.1, 0.15) is 0 Å². The maximum Gasteiger partial charge on any atom is 0.314 e. The van der Waals surface area contributed by atoms with Crippen LogP contribution in [0.25, 0.3) is 0 Å². The minimum Gasteiger partial charge on any atom is -0.481 e. The van der Waals surface area contributed by atoms with Gasteiger partial charge in [0.25, 0.3) is 0 Å². The standard InChI is InChI=1S/C15H28N2O3S/c1-21-10-6-2-5-9-16-15(20)17-11-12-7-3-4-8-13(12)14(18)19/h12-13H,2-11H2,1H3,(H,18,19)(H2,16,17,20). The average Bonchev–Trinajstić information content (AvgIpc) is 2.49. The molecule has 0 aromatic carbocycles. The summed E-state index contributed by atoms with van der Waals surface area (Å²) in [4.78, 5) is 22.9. The quantitative estimate of drug-likeness (QED) is 0.572. The summed E-state index contributed by atoms with van der Waals surface area (Å²) in [6.07, 6.45) is 9.09. The molecule has 0 spiro atoms. The van der Waals surface area contributed by atoms with Crippen LogP contribution >= 0.6 is 11.8 Å². The SMILES string of the molecule is CSCCCCCNC(=O)NCC1CCCCC1C(=O)O. The lowest BCUT2D eigenvalue weighted by Gasteiger charge is -2.28. The second-order valence-corrected chi connectivity index (χ2v) is 6.67. The Bertz CT molecular complexity index is 326. The minimum atomic E-state index is -0.726. The molecule has 6 heteroatoms. The highest BCUT2D eigenvalue weighted by molar-refractivity contribution is 7.98. The highest BCUT2D eigenvalue weighted by Crippen LogP contribution is 2.29. The third-order valence-electron chi connectivity index (χ3n) is 4.06. The van der Waals surface area contributed by atoms with E-state index in [1.54, 1.807) is 0 Å². The van der Waals surface area contributed by atoms with Crippen LogP contribution in [0.4, 0.5) is 4.79 Å². The largest absolute Gasteiger partial charge is 0.481 e. The highest BCUT2D eigenvalue weighted by atomic mass is 32.2. The van der Waals surface area contributed by atoms with Crippen LogP contribution in [-0.2, 0) is 4.79 Å². The number of aliphatic carboxylic acids is 1. The first-order chi connectivity index (χ1) is 10.1. The number of hydrogen-bond acceptors (Lipinski definition) is 3.